The number of halogens is 1. The molecule has 60 valence electrons. The standard InChI is InChI=1S/C7H5IN4/c1-5-6-7(11-4-10-5)12(8)3-2-9-6/h3-4H,1H3. The Labute approximate surface area is 83.5 Å². The van der Waals surface area contributed by atoms with Gasteiger partial charge in [0.25, 0.3) is 0 Å². The van der Waals surface area contributed by atoms with Crippen LogP contribution in [0.15, 0.2) is 17.5 Å². The van der Waals surface area contributed by atoms with Crippen molar-refractivity contribution in [2.45, 2.75) is 6.92 Å². The van der Waals surface area contributed by atoms with Crippen LogP contribution in [0.2, 0.25) is 0 Å². The lowest BCUT2D eigenvalue weighted by Gasteiger charge is -2.13. The number of rotatable bonds is 0. The molecule has 0 atom stereocenters. The molecular weight excluding hydrogens is 267 g/mol. The van der Waals surface area contributed by atoms with Crippen LogP contribution in [-0.2, 0) is 0 Å². The first-order chi connectivity index (χ1) is 5.79. The van der Waals surface area contributed by atoms with Crippen LogP contribution in [0.1, 0.15) is 5.69 Å². The first-order valence-corrected chi connectivity index (χ1v) is 4.32. The fourth-order valence-corrected chi connectivity index (χ4v) is 1.42. The molecule has 0 aliphatic carbocycles. The predicted octanol–water partition coefficient (Wildman–Crippen LogP) is 1.77. The van der Waals surface area contributed by atoms with Gasteiger partial charge in [0.1, 0.15) is 12.0 Å². The molecule has 0 aromatic carbocycles. The van der Waals surface area contributed by atoms with Crippen LogP contribution < -0.4 is 3.11 Å². The highest BCUT2D eigenvalue weighted by atomic mass is 127. The number of hydrogen-bond donors (Lipinski definition) is 0. The van der Waals surface area contributed by atoms with Crippen molar-refractivity contribution in [3.05, 3.63) is 18.2 Å². The minimum atomic E-state index is 0.800. The molecule has 0 unspecified atom stereocenters. The Bertz CT molecular complexity index is 381. The van der Waals surface area contributed by atoms with Gasteiger partial charge in [-0.2, -0.15) is 4.99 Å². The van der Waals surface area contributed by atoms with Crippen molar-refractivity contribution in [2.24, 2.45) is 4.99 Å². The van der Waals surface area contributed by atoms with Crippen LogP contribution in [0, 0.1) is 6.92 Å². The van der Waals surface area contributed by atoms with E-state index in [1.54, 1.807) is 6.20 Å². The molecule has 2 heterocycles. The summed E-state index contributed by atoms with van der Waals surface area (Å²) in [5, 5.41) is 0. The summed E-state index contributed by atoms with van der Waals surface area (Å²) in [6.45, 7) is 1.90. The van der Waals surface area contributed by atoms with Gasteiger partial charge in [0.2, 0.25) is 0 Å². The van der Waals surface area contributed by atoms with Crippen molar-refractivity contribution in [1.29, 1.82) is 0 Å². The van der Waals surface area contributed by atoms with E-state index >= 15 is 0 Å². The lowest BCUT2D eigenvalue weighted by Crippen LogP contribution is -2.05. The van der Waals surface area contributed by atoms with E-state index in [9.17, 15) is 0 Å². The normalized spacial score (nSPS) is 13.3. The molecule has 1 aromatic rings. The molecule has 2 rings (SSSR count). The zero-order valence-electron chi connectivity index (χ0n) is 6.32. The average Bonchev–Trinajstić information content (AvgIpc) is 2.07. The van der Waals surface area contributed by atoms with Gasteiger partial charge in [-0.1, -0.05) is 0 Å². The molecule has 1 aliphatic heterocycles. The summed E-state index contributed by atoms with van der Waals surface area (Å²) < 4.78 is 1.84. The summed E-state index contributed by atoms with van der Waals surface area (Å²) in [5.41, 5.74) is 1.68. The van der Waals surface area contributed by atoms with Crippen molar-refractivity contribution in [2.75, 3.05) is 3.11 Å². The molecular formula is C7H5IN4. The molecule has 12 heavy (non-hydrogen) atoms. The van der Waals surface area contributed by atoms with Gasteiger partial charge < -0.3 is 0 Å². The Balaban J connectivity index is 2.70. The van der Waals surface area contributed by atoms with E-state index in [1.165, 1.54) is 6.33 Å². The first kappa shape index (κ1) is 7.70. The van der Waals surface area contributed by atoms with Crippen LogP contribution in [0.4, 0.5) is 11.5 Å². The molecule has 0 radical (unpaired) electrons. The molecule has 5 heteroatoms. The maximum atomic E-state index is 4.10. The third-order valence-corrected chi connectivity index (χ3v) is 2.27. The van der Waals surface area contributed by atoms with E-state index in [4.69, 9.17) is 0 Å². The van der Waals surface area contributed by atoms with Gasteiger partial charge in [-0.15, -0.1) is 0 Å². The van der Waals surface area contributed by atoms with Crippen LogP contribution in [0.25, 0.3) is 0 Å². The topological polar surface area (TPSA) is 41.4 Å². The van der Waals surface area contributed by atoms with Crippen LogP contribution >= 0.6 is 22.9 Å². The summed E-state index contributed by atoms with van der Waals surface area (Å²) in [5.74, 6) is 3.59. The molecule has 0 fully saturated rings. The van der Waals surface area contributed by atoms with Gasteiger partial charge in [-0.25, -0.2) is 9.97 Å². The highest BCUT2D eigenvalue weighted by Crippen LogP contribution is 2.31. The van der Waals surface area contributed by atoms with E-state index in [1.807, 2.05) is 10.0 Å². The third-order valence-electron chi connectivity index (χ3n) is 1.54. The lowest BCUT2D eigenvalue weighted by molar-refractivity contribution is 1.08. The Morgan fingerprint density at radius 1 is 1.50 bits per heavy atom. The summed E-state index contributed by atoms with van der Waals surface area (Å²) in [6, 6.07) is 0. The van der Waals surface area contributed by atoms with Crippen molar-refractivity contribution in [1.82, 2.24) is 9.97 Å². The fraction of sp³-hybridized carbons (Fsp3) is 0.143. The van der Waals surface area contributed by atoms with E-state index in [-0.39, 0.29) is 0 Å². The second-order valence-electron chi connectivity index (χ2n) is 2.31. The Kier molecular flexibility index (Phi) is 1.82. The number of anilines is 1. The third kappa shape index (κ3) is 1.11. The Morgan fingerprint density at radius 2 is 2.33 bits per heavy atom. The molecule has 1 aromatic heterocycles. The quantitative estimate of drug-likeness (QED) is 0.534. The molecule has 1 aliphatic rings. The minimum absolute atomic E-state index is 0.800. The van der Waals surface area contributed by atoms with E-state index in [0.29, 0.717) is 0 Å². The van der Waals surface area contributed by atoms with Crippen LogP contribution in [0.5, 0.6) is 0 Å². The van der Waals surface area contributed by atoms with Gasteiger partial charge in [-0.3, -0.25) is 3.11 Å². The summed E-state index contributed by atoms with van der Waals surface area (Å²) in [7, 11) is 0. The monoisotopic (exact) mass is 272 g/mol. The molecule has 4 nitrogen and oxygen atoms in total. The molecule has 0 saturated carbocycles. The Hall–Kier alpha value is -0.940. The number of aryl methyl sites for hydroxylation is 1. The van der Waals surface area contributed by atoms with Crippen molar-refractivity contribution in [3.63, 3.8) is 0 Å². The number of nitrogens with zero attached hydrogens (tertiary/aromatic N) is 4. The van der Waals surface area contributed by atoms with Crippen LogP contribution in [0.3, 0.4) is 0 Å². The first-order valence-electron chi connectivity index (χ1n) is 3.35. The second kappa shape index (κ2) is 2.84. The molecule has 0 bridgehead atoms. The van der Waals surface area contributed by atoms with E-state index < -0.39 is 0 Å². The van der Waals surface area contributed by atoms with Gasteiger partial charge >= 0.3 is 0 Å². The summed E-state index contributed by atoms with van der Waals surface area (Å²) >= 11 is 2.13. The van der Waals surface area contributed by atoms with Crippen molar-refractivity contribution >= 4 is 40.2 Å². The SMILES string of the molecule is Cc1ncnc2c1N=C=CN2I. The van der Waals surface area contributed by atoms with Gasteiger partial charge in [0, 0.05) is 5.87 Å². The van der Waals surface area contributed by atoms with Gasteiger partial charge in [0.15, 0.2) is 5.82 Å². The predicted molar refractivity (Wildman–Crippen MR) is 54.9 cm³/mol. The van der Waals surface area contributed by atoms with Crippen molar-refractivity contribution in [3.8, 4) is 0 Å². The van der Waals surface area contributed by atoms with Gasteiger partial charge in [-0.05, 0) is 6.92 Å². The largest absolute Gasteiger partial charge is 0.263 e. The number of hydrogen-bond acceptors (Lipinski definition) is 4. The molecule has 0 amide bonds. The van der Waals surface area contributed by atoms with E-state index in [2.05, 4.69) is 43.7 Å². The highest BCUT2D eigenvalue weighted by molar-refractivity contribution is 14.1. The van der Waals surface area contributed by atoms with E-state index in [0.717, 1.165) is 17.2 Å². The molecule has 0 N–H and O–H groups in total. The summed E-state index contributed by atoms with van der Waals surface area (Å²) in [6.07, 6.45) is 3.27. The van der Waals surface area contributed by atoms with Gasteiger partial charge in [0.05, 0.1) is 34.8 Å². The number of aliphatic imine (C=N–C) groups is 1. The second-order valence-corrected chi connectivity index (χ2v) is 3.35. The maximum Gasteiger partial charge on any atom is 0.172 e. The fourth-order valence-electron chi connectivity index (χ4n) is 0.947. The lowest BCUT2D eigenvalue weighted by atomic mass is 10.3. The highest BCUT2D eigenvalue weighted by Gasteiger charge is 2.13. The maximum absolute atomic E-state index is 4.10. The molecule has 0 saturated heterocycles. The molecule has 0 spiro atoms. The van der Waals surface area contributed by atoms with Crippen LogP contribution in [-0.4, -0.2) is 15.8 Å². The Morgan fingerprint density at radius 3 is 3.08 bits per heavy atom. The smallest absolute Gasteiger partial charge is 0.172 e. The average molecular weight is 272 g/mol. The minimum Gasteiger partial charge on any atom is -0.263 e. The number of aromatic nitrogens is 2. The summed E-state index contributed by atoms with van der Waals surface area (Å²) in [4.78, 5) is 12.2. The zero-order valence-corrected chi connectivity index (χ0v) is 8.48. The number of fused-ring (bicyclic) bond motifs is 1. The van der Waals surface area contributed by atoms with Crippen molar-refractivity contribution < 1.29 is 0 Å². The zero-order chi connectivity index (χ0) is 8.55.